The highest BCUT2D eigenvalue weighted by atomic mass is 16.5. The SMILES string of the molecule is CC(C)Oc1nc(N)nc(N(C)Cc2ccccn2)n1. The predicted octanol–water partition coefficient (Wildman–Crippen LogP) is 1.27. The highest BCUT2D eigenvalue weighted by molar-refractivity contribution is 5.35. The van der Waals surface area contributed by atoms with Crippen LogP contribution >= 0.6 is 0 Å². The van der Waals surface area contributed by atoms with E-state index in [0.717, 1.165) is 5.69 Å². The molecule has 0 amide bonds. The van der Waals surface area contributed by atoms with E-state index >= 15 is 0 Å². The van der Waals surface area contributed by atoms with Crippen molar-refractivity contribution < 1.29 is 4.74 Å². The van der Waals surface area contributed by atoms with Crippen LogP contribution in [0.2, 0.25) is 0 Å². The first-order valence-electron chi connectivity index (χ1n) is 6.34. The second-order valence-corrected chi connectivity index (χ2v) is 4.62. The molecule has 20 heavy (non-hydrogen) atoms. The van der Waals surface area contributed by atoms with Gasteiger partial charge in [0.15, 0.2) is 0 Å². The van der Waals surface area contributed by atoms with Crippen LogP contribution in [0.25, 0.3) is 0 Å². The Morgan fingerprint density at radius 3 is 2.70 bits per heavy atom. The van der Waals surface area contributed by atoms with E-state index < -0.39 is 0 Å². The fourth-order valence-corrected chi connectivity index (χ4v) is 1.60. The maximum atomic E-state index is 5.68. The lowest BCUT2D eigenvalue weighted by molar-refractivity contribution is 0.222. The lowest BCUT2D eigenvalue weighted by atomic mass is 10.3. The zero-order valence-corrected chi connectivity index (χ0v) is 11.8. The second-order valence-electron chi connectivity index (χ2n) is 4.62. The highest BCUT2D eigenvalue weighted by Crippen LogP contribution is 2.14. The molecule has 2 rings (SSSR count). The smallest absolute Gasteiger partial charge is 0.323 e. The first-order chi connectivity index (χ1) is 9.54. The zero-order chi connectivity index (χ0) is 14.5. The number of hydrogen-bond donors (Lipinski definition) is 1. The van der Waals surface area contributed by atoms with Crippen molar-refractivity contribution in [2.45, 2.75) is 26.5 Å². The molecule has 0 radical (unpaired) electrons. The minimum Gasteiger partial charge on any atom is -0.461 e. The van der Waals surface area contributed by atoms with Crippen LogP contribution in [0.5, 0.6) is 6.01 Å². The molecule has 2 N–H and O–H groups in total. The quantitative estimate of drug-likeness (QED) is 0.878. The standard InChI is InChI=1S/C13H18N6O/c1-9(2)20-13-17-11(14)16-12(18-13)19(3)8-10-6-4-5-7-15-10/h4-7,9H,8H2,1-3H3,(H2,14,16,17,18). The Morgan fingerprint density at radius 1 is 1.25 bits per heavy atom. The fourth-order valence-electron chi connectivity index (χ4n) is 1.60. The number of anilines is 2. The van der Waals surface area contributed by atoms with Gasteiger partial charge in [0.25, 0.3) is 0 Å². The summed E-state index contributed by atoms with van der Waals surface area (Å²) in [6.07, 6.45) is 1.73. The van der Waals surface area contributed by atoms with Crippen LogP contribution in [-0.2, 0) is 6.54 Å². The van der Waals surface area contributed by atoms with Gasteiger partial charge in [-0.15, -0.1) is 0 Å². The third-order valence-corrected chi connectivity index (χ3v) is 2.43. The molecule has 2 aromatic heterocycles. The number of rotatable bonds is 5. The summed E-state index contributed by atoms with van der Waals surface area (Å²) in [5, 5.41) is 0. The van der Waals surface area contributed by atoms with Gasteiger partial charge in [-0.25, -0.2) is 0 Å². The summed E-state index contributed by atoms with van der Waals surface area (Å²) in [5.74, 6) is 0.595. The molecule has 0 bridgehead atoms. The van der Waals surface area contributed by atoms with Crippen LogP contribution in [0.4, 0.5) is 11.9 Å². The van der Waals surface area contributed by atoms with Crippen molar-refractivity contribution in [1.82, 2.24) is 19.9 Å². The lowest BCUT2D eigenvalue weighted by Crippen LogP contribution is -2.21. The van der Waals surface area contributed by atoms with Crippen molar-refractivity contribution in [1.29, 1.82) is 0 Å². The van der Waals surface area contributed by atoms with E-state index in [0.29, 0.717) is 12.5 Å². The molecule has 0 aliphatic carbocycles. The van der Waals surface area contributed by atoms with Crippen LogP contribution in [0.3, 0.4) is 0 Å². The largest absolute Gasteiger partial charge is 0.461 e. The molecule has 0 unspecified atom stereocenters. The number of hydrogen-bond acceptors (Lipinski definition) is 7. The summed E-state index contributed by atoms with van der Waals surface area (Å²) < 4.78 is 5.45. The zero-order valence-electron chi connectivity index (χ0n) is 11.8. The van der Waals surface area contributed by atoms with Gasteiger partial charge in [-0.2, -0.15) is 15.0 Å². The summed E-state index contributed by atoms with van der Waals surface area (Å²) in [6, 6.07) is 5.98. The molecule has 7 heteroatoms. The Hall–Kier alpha value is -2.44. The minimum absolute atomic E-state index is 0.0225. The van der Waals surface area contributed by atoms with Gasteiger partial charge in [-0.1, -0.05) is 6.07 Å². The number of ether oxygens (including phenoxy) is 1. The van der Waals surface area contributed by atoms with E-state index in [9.17, 15) is 0 Å². The van der Waals surface area contributed by atoms with Gasteiger partial charge in [0, 0.05) is 13.2 Å². The molecular weight excluding hydrogens is 256 g/mol. The molecule has 0 aliphatic heterocycles. The normalized spacial score (nSPS) is 10.6. The van der Waals surface area contributed by atoms with Gasteiger partial charge in [0.05, 0.1) is 18.3 Å². The summed E-state index contributed by atoms with van der Waals surface area (Å²) in [5.41, 5.74) is 6.60. The highest BCUT2D eigenvalue weighted by Gasteiger charge is 2.11. The van der Waals surface area contributed by atoms with Crippen LogP contribution in [-0.4, -0.2) is 33.1 Å². The van der Waals surface area contributed by atoms with E-state index in [1.54, 1.807) is 6.20 Å². The molecule has 7 nitrogen and oxygen atoms in total. The van der Waals surface area contributed by atoms with Gasteiger partial charge >= 0.3 is 6.01 Å². The topological polar surface area (TPSA) is 90.0 Å². The third-order valence-electron chi connectivity index (χ3n) is 2.43. The average Bonchev–Trinajstić information content (AvgIpc) is 2.38. The maximum Gasteiger partial charge on any atom is 0.323 e. The van der Waals surface area contributed by atoms with E-state index in [2.05, 4.69) is 19.9 Å². The Bertz CT molecular complexity index is 560. The number of nitrogen functional groups attached to an aromatic ring is 1. The van der Waals surface area contributed by atoms with Gasteiger partial charge in [-0.3, -0.25) is 4.98 Å². The Labute approximate surface area is 117 Å². The van der Waals surface area contributed by atoms with Gasteiger partial charge in [0.2, 0.25) is 11.9 Å². The number of nitrogens with two attached hydrogens (primary N) is 1. The number of nitrogens with zero attached hydrogens (tertiary/aromatic N) is 5. The van der Waals surface area contributed by atoms with Gasteiger partial charge < -0.3 is 15.4 Å². The Morgan fingerprint density at radius 2 is 2.05 bits per heavy atom. The molecule has 0 spiro atoms. The molecule has 2 aromatic rings. The van der Waals surface area contributed by atoms with Crippen molar-refractivity contribution in [3.63, 3.8) is 0 Å². The van der Waals surface area contributed by atoms with E-state index in [4.69, 9.17) is 10.5 Å². The van der Waals surface area contributed by atoms with Crippen LogP contribution < -0.4 is 15.4 Å². The Balaban J connectivity index is 2.16. The summed E-state index contributed by atoms with van der Waals surface area (Å²) in [7, 11) is 1.86. The van der Waals surface area contributed by atoms with Crippen molar-refractivity contribution in [2.24, 2.45) is 0 Å². The van der Waals surface area contributed by atoms with Gasteiger partial charge in [0.1, 0.15) is 0 Å². The molecule has 0 saturated carbocycles. The number of pyridine rings is 1. The van der Waals surface area contributed by atoms with Crippen molar-refractivity contribution in [2.75, 3.05) is 17.7 Å². The summed E-state index contributed by atoms with van der Waals surface area (Å²) in [4.78, 5) is 18.4. The monoisotopic (exact) mass is 274 g/mol. The maximum absolute atomic E-state index is 5.68. The third kappa shape index (κ3) is 3.78. The van der Waals surface area contributed by atoms with Crippen molar-refractivity contribution in [3.05, 3.63) is 30.1 Å². The summed E-state index contributed by atoms with van der Waals surface area (Å²) in [6.45, 7) is 4.37. The van der Waals surface area contributed by atoms with Crippen LogP contribution in [0.15, 0.2) is 24.4 Å². The first-order valence-corrected chi connectivity index (χ1v) is 6.34. The van der Waals surface area contributed by atoms with Crippen molar-refractivity contribution in [3.8, 4) is 6.01 Å². The number of aromatic nitrogens is 4. The first kappa shape index (κ1) is 14.0. The molecular formula is C13H18N6O. The minimum atomic E-state index is -0.0225. The van der Waals surface area contributed by atoms with E-state index in [-0.39, 0.29) is 18.1 Å². The molecule has 0 fully saturated rings. The summed E-state index contributed by atoms with van der Waals surface area (Å²) >= 11 is 0. The average molecular weight is 274 g/mol. The van der Waals surface area contributed by atoms with E-state index in [1.165, 1.54) is 0 Å². The second kappa shape index (κ2) is 6.14. The van der Waals surface area contributed by atoms with Crippen LogP contribution in [0, 0.1) is 0 Å². The van der Waals surface area contributed by atoms with Crippen LogP contribution in [0.1, 0.15) is 19.5 Å². The molecule has 0 aliphatic rings. The molecule has 0 atom stereocenters. The molecule has 0 aromatic carbocycles. The van der Waals surface area contributed by atoms with Crippen molar-refractivity contribution >= 4 is 11.9 Å². The fraction of sp³-hybridized carbons (Fsp3) is 0.385. The van der Waals surface area contributed by atoms with E-state index in [1.807, 2.05) is 44.0 Å². The molecule has 106 valence electrons. The van der Waals surface area contributed by atoms with Gasteiger partial charge in [-0.05, 0) is 26.0 Å². The lowest BCUT2D eigenvalue weighted by Gasteiger charge is -2.17. The Kier molecular flexibility index (Phi) is 4.29. The molecule has 0 saturated heterocycles. The predicted molar refractivity (Wildman–Crippen MR) is 76.3 cm³/mol. The molecule has 2 heterocycles.